The number of sulfonamides is 1. The van der Waals surface area contributed by atoms with Gasteiger partial charge in [-0.05, 0) is 37.1 Å². The van der Waals surface area contributed by atoms with E-state index in [-0.39, 0.29) is 18.0 Å². The van der Waals surface area contributed by atoms with Crippen LogP contribution in [0, 0.1) is 11.7 Å². The van der Waals surface area contributed by atoms with E-state index in [0.717, 1.165) is 29.4 Å². The fourth-order valence-corrected chi connectivity index (χ4v) is 4.41. The van der Waals surface area contributed by atoms with Gasteiger partial charge in [0.05, 0.1) is 22.5 Å². The highest BCUT2D eigenvalue weighted by atomic mass is 35.5. The fourth-order valence-electron chi connectivity index (χ4n) is 3.34. The van der Waals surface area contributed by atoms with E-state index in [0.29, 0.717) is 16.9 Å². The number of amides is 2. The molecule has 1 atom stereocenters. The van der Waals surface area contributed by atoms with E-state index in [1.165, 1.54) is 25.1 Å². The molecule has 0 aliphatic carbocycles. The first kappa shape index (κ1) is 30.4. The van der Waals surface area contributed by atoms with Gasteiger partial charge in [-0.3, -0.25) is 13.9 Å². The van der Waals surface area contributed by atoms with Crippen molar-refractivity contribution in [2.24, 2.45) is 5.92 Å². The van der Waals surface area contributed by atoms with Crippen molar-refractivity contribution in [3.05, 3.63) is 64.4 Å². The zero-order valence-electron chi connectivity index (χ0n) is 20.6. The van der Waals surface area contributed by atoms with Gasteiger partial charge in [-0.2, -0.15) is 13.2 Å². The zero-order valence-corrected chi connectivity index (χ0v) is 22.2. The van der Waals surface area contributed by atoms with Crippen LogP contribution in [0.15, 0.2) is 42.5 Å². The molecule has 0 saturated carbocycles. The quantitative estimate of drug-likeness (QED) is 0.431. The maximum atomic E-state index is 14.4. The maximum Gasteiger partial charge on any atom is 0.417 e. The predicted molar refractivity (Wildman–Crippen MR) is 133 cm³/mol. The summed E-state index contributed by atoms with van der Waals surface area (Å²) >= 11 is 5.65. The van der Waals surface area contributed by atoms with Crippen molar-refractivity contribution in [2.75, 3.05) is 23.7 Å². The minimum atomic E-state index is -4.87. The van der Waals surface area contributed by atoms with Crippen LogP contribution >= 0.6 is 11.6 Å². The lowest BCUT2D eigenvalue weighted by Crippen LogP contribution is -2.51. The minimum absolute atomic E-state index is 0.0658. The van der Waals surface area contributed by atoms with Gasteiger partial charge < -0.3 is 10.2 Å². The number of alkyl halides is 3. The molecule has 0 unspecified atom stereocenters. The van der Waals surface area contributed by atoms with Crippen LogP contribution in [-0.2, 0) is 32.3 Å². The van der Waals surface area contributed by atoms with E-state index in [9.17, 15) is 35.6 Å². The van der Waals surface area contributed by atoms with Gasteiger partial charge in [0.2, 0.25) is 21.8 Å². The molecule has 0 saturated heterocycles. The van der Waals surface area contributed by atoms with Crippen molar-refractivity contribution in [1.82, 2.24) is 10.2 Å². The zero-order chi connectivity index (χ0) is 28.1. The van der Waals surface area contributed by atoms with Crippen LogP contribution in [0.3, 0.4) is 0 Å². The molecule has 2 aromatic carbocycles. The molecule has 2 rings (SSSR count). The largest absolute Gasteiger partial charge is 0.417 e. The smallest absolute Gasteiger partial charge is 0.354 e. The summed E-state index contributed by atoms with van der Waals surface area (Å²) in [5.41, 5.74) is -1.66. The van der Waals surface area contributed by atoms with Gasteiger partial charge in [-0.1, -0.05) is 43.6 Å². The van der Waals surface area contributed by atoms with Gasteiger partial charge in [0.25, 0.3) is 0 Å². The number of nitrogens with one attached hydrogen (secondary N) is 1. The summed E-state index contributed by atoms with van der Waals surface area (Å²) in [7, 11) is -4.27. The van der Waals surface area contributed by atoms with E-state index < -0.39 is 62.7 Å². The maximum absolute atomic E-state index is 14.4. The first-order chi connectivity index (χ1) is 17.0. The van der Waals surface area contributed by atoms with E-state index in [1.807, 2.05) is 13.8 Å². The molecule has 204 valence electrons. The third-order valence-electron chi connectivity index (χ3n) is 5.37. The third kappa shape index (κ3) is 8.32. The topological polar surface area (TPSA) is 86.8 Å². The Balaban J connectivity index is 2.47. The molecular weight excluding hydrogens is 538 g/mol. The predicted octanol–water partition coefficient (Wildman–Crippen LogP) is 4.45. The van der Waals surface area contributed by atoms with Crippen molar-refractivity contribution in [3.8, 4) is 0 Å². The first-order valence-electron chi connectivity index (χ1n) is 11.2. The van der Waals surface area contributed by atoms with Crippen LogP contribution in [-0.4, -0.2) is 50.5 Å². The van der Waals surface area contributed by atoms with Crippen molar-refractivity contribution in [1.29, 1.82) is 0 Å². The van der Waals surface area contributed by atoms with Gasteiger partial charge in [0, 0.05) is 18.7 Å². The van der Waals surface area contributed by atoms with Gasteiger partial charge in [0.15, 0.2) is 0 Å². The molecule has 37 heavy (non-hydrogen) atoms. The van der Waals surface area contributed by atoms with Crippen LogP contribution in [0.25, 0.3) is 0 Å². The number of nitrogens with zero attached hydrogens (tertiary/aromatic N) is 2. The highest BCUT2D eigenvalue weighted by Crippen LogP contribution is 2.37. The molecule has 2 aromatic rings. The Labute approximate surface area is 218 Å². The Bertz CT molecular complexity index is 1240. The molecule has 0 heterocycles. The Morgan fingerprint density at radius 2 is 1.70 bits per heavy atom. The van der Waals surface area contributed by atoms with Crippen LogP contribution in [0.1, 0.15) is 31.9 Å². The highest BCUT2D eigenvalue weighted by molar-refractivity contribution is 7.92. The van der Waals surface area contributed by atoms with Crippen molar-refractivity contribution < 1.29 is 35.6 Å². The average molecular weight is 566 g/mol. The van der Waals surface area contributed by atoms with E-state index in [1.54, 1.807) is 0 Å². The Morgan fingerprint density at radius 1 is 1.08 bits per heavy atom. The summed E-state index contributed by atoms with van der Waals surface area (Å²) in [5, 5.41) is 2.02. The van der Waals surface area contributed by atoms with E-state index in [2.05, 4.69) is 5.32 Å². The van der Waals surface area contributed by atoms with Gasteiger partial charge in [0.1, 0.15) is 18.4 Å². The molecule has 0 bridgehead atoms. The number of rotatable bonds is 10. The van der Waals surface area contributed by atoms with Crippen molar-refractivity contribution >= 4 is 39.1 Å². The molecular formula is C24H28ClF4N3O4S. The standard InChI is InChI=1S/C24H28ClF4N3O4S/c1-15(2)12-30-23(34)16(3)31(13-17-7-5-6-8-21(17)26)22(33)14-32(37(4,35)36)18-9-10-20(25)19(11-18)24(27,28)29/h5-11,15-16H,12-14H2,1-4H3,(H,30,34)/t16-/m0/s1. The summed E-state index contributed by atoms with van der Waals surface area (Å²) in [5.74, 6) is -2.04. The van der Waals surface area contributed by atoms with Crippen molar-refractivity contribution in [3.63, 3.8) is 0 Å². The lowest BCUT2D eigenvalue weighted by molar-refractivity contribution is -0.139. The fraction of sp³-hybridized carbons (Fsp3) is 0.417. The van der Waals surface area contributed by atoms with Gasteiger partial charge >= 0.3 is 6.18 Å². The lowest BCUT2D eigenvalue weighted by atomic mass is 10.1. The number of anilines is 1. The summed E-state index contributed by atoms with van der Waals surface area (Å²) in [6, 6.07) is 6.81. The molecule has 0 radical (unpaired) electrons. The second-order valence-electron chi connectivity index (χ2n) is 8.86. The monoisotopic (exact) mass is 565 g/mol. The van der Waals surface area contributed by atoms with Crippen molar-refractivity contribution in [2.45, 2.75) is 39.5 Å². The SMILES string of the molecule is CC(C)CNC(=O)[C@H](C)N(Cc1ccccc1F)C(=O)CN(c1ccc(Cl)c(C(F)(F)F)c1)S(C)(=O)=O. The Hall–Kier alpha value is -2.86. The van der Waals surface area contributed by atoms with E-state index in [4.69, 9.17) is 11.6 Å². The van der Waals surface area contributed by atoms with Crippen LogP contribution in [0.5, 0.6) is 0 Å². The molecule has 0 aliphatic rings. The first-order valence-corrected chi connectivity index (χ1v) is 13.4. The van der Waals surface area contributed by atoms with Crippen LogP contribution < -0.4 is 9.62 Å². The summed E-state index contributed by atoms with van der Waals surface area (Å²) in [6.07, 6.45) is -4.15. The number of carbonyl (C=O) groups excluding carboxylic acids is 2. The number of hydrogen-bond donors (Lipinski definition) is 1. The minimum Gasteiger partial charge on any atom is -0.354 e. The summed E-state index contributed by atoms with van der Waals surface area (Å²) in [6.45, 7) is 4.09. The summed E-state index contributed by atoms with van der Waals surface area (Å²) < 4.78 is 80.0. The second-order valence-corrected chi connectivity index (χ2v) is 11.2. The van der Waals surface area contributed by atoms with Crippen LogP contribution in [0.4, 0.5) is 23.2 Å². The number of benzene rings is 2. The number of hydrogen-bond acceptors (Lipinski definition) is 4. The second kappa shape index (κ2) is 12.1. The Kier molecular flexibility index (Phi) is 9.95. The van der Waals surface area contributed by atoms with Gasteiger partial charge in [-0.15, -0.1) is 0 Å². The molecule has 0 spiro atoms. The molecule has 0 aromatic heterocycles. The molecule has 7 nitrogen and oxygen atoms in total. The lowest BCUT2D eigenvalue weighted by Gasteiger charge is -2.32. The van der Waals surface area contributed by atoms with E-state index >= 15 is 0 Å². The molecule has 0 fully saturated rings. The molecule has 2 amide bonds. The van der Waals surface area contributed by atoms with Gasteiger partial charge in [-0.25, -0.2) is 12.8 Å². The Morgan fingerprint density at radius 3 is 2.24 bits per heavy atom. The van der Waals surface area contributed by atoms with Crippen LogP contribution in [0.2, 0.25) is 5.02 Å². The number of carbonyl (C=O) groups is 2. The summed E-state index contributed by atoms with van der Waals surface area (Å²) in [4.78, 5) is 27.1. The molecule has 0 aliphatic heterocycles. The highest BCUT2D eigenvalue weighted by Gasteiger charge is 2.35. The molecule has 13 heteroatoms. The number of halogens is 5. The third-order valence-corrected chi connectivity index (χ3v) is 6.84. The average Bonchev–Trinajstić information content (AvgIpc) is 2.78. The molecule has 1 N–H and O–H groups in total. The normalized spacial score (nSPS) is 12.8.